The standard InChI is InChI=1S/C18H25NO5/c1-12(17(21)19-18(2,3)4)24-16(20)8-7-13-9-14(22-5)11-15(10-13)23-6/h7-12H,1-6H3,(H,19,21)/b8-7+/t12-/m1/s1. The van der Waals surface area contributed by atoms with Crippen molar-refractivity contribution < 1.29 is 23.8 Å². The first-order valence-electron chi connectivity index (χ1n) is 7.58. The third-order valence-electron chi connectivity index (χ3n) is 2.95. The highest BCUT2D eigenvalue weighted by Gasteiger charge is 2.21. The van der Waals surface area contributed by atoms with Gasteiger partial charge in [-0.05, 0) is 51.5 Å². The molecule has 0 heterocycles. The van der Waals surface area contributed by atoms with E-state index in [2.05, 4.69) is 5.32 Å². The Morgan fingerprint density at radius 1 is 1.08 bits per heavy atom. The zero-order valence-corrected chi connectivity index (χ0v) is 15.0. The van der Waals surface area contributed by atoms with Crippen molar-refractivity contribution in [3.63, 3.8) is 0 Å². The largest absolute Gasteiger partial charge is 0.497 e. The Morgan fingerprint density at radius 3 is 2.08 bits per heavy atom. The summed E-state index contributed by atoms with van der Waals surface area (Å²) in [6, 6.07) is 5.23. The zero-order valence-electron chi connectivity index (χ0n) is 15.0. The van der Waals surface area contributed by atoms with Crippen LogP contribution in [0.15, 0.2) is 24.3 Å². The summed E-state index contributed by atoms with van der Waals surface area (Å²) < 4.78 is 15.4. The lowest BCUT2D eigenvalue weighted by Crippen LogP contribution is -2.46. The summed E-state index contributed by atoms with van der Waals surface area (Å²) in [6.45, 7) is 7.10. The van der Waals surface area contributed by atoms with Crippen molar-refractivity contribution in [2.45, 2.75) is 39.3 Å². The molecule has 1 atom stereocenters. The second-order valence-corrected chi connectivity index (χ2v) is 6.30. The van der Waals surface area contributed by atoms with E-state index in [0.29, 0.717) is 11.5 Å². The van der Waals surface area contributed by atoms with Gasteiger partial charge in [0, 0.05) is 17.7 Å². The molecule has 0 saturated carbocycles. The first-order valence-corrected chi connectivity index (χ1v) is 7.58. The monoisotopic (exact) mass is 335 g/mol. The van der Waals surface area contributed by atoms with E-state index in [1.165, 1.54) is 13.0 Å². The molecule has 1 N–H and O–H groups in total. The van der Waals surface area contributed by atoms with E-state index < -0.39 is 12.1 Å². The van der Waals surface area contributed by atoms with E-state index >= 15 is 0 Å². The quantitative estimate of drug-likeness (QED) is 0.639. The molecule has 0 aliphatic heterocycles. The summed E-state index contributed by atoms with van der Waals surface area (Å²) >= 11 is 0. The van der Waals surface area contributed by atoms with Gasteiger partial charge in [0.2, 0.25) is 0 Å². The van der Waals surface area contributed by atoms with Crippen LogP contribution in [0.1, 0.15) is 33.3 Å². The molecule has 0 radical (unpaired) electrons. The van der Waals surface area contributed by atoms with Crippen LogP contribution in [-0.2, 0) is 14.3 Å². The molecule has 6 heteroatoms. The van der Waals surface area contributed by atoms with Crippen LogP contribution >= 0.6 is 0 Å². The maximum atomic E-state index is 11.9. The first-order chi connectivity index (χ1) is 11.1. The molecule has 0 aliphatic carbocycles. The number of nitrogens with one attached hydrogen (secondary N) is 1. The molecular formula is C18H25NO5. The van der Waals surface area contributed by atoms with Crippen molar-refractivity contribution in [3.05, 3.63) is 29.8 Å². The third kappa shape index (κ3) is 6.73. The summed E-state index contributed by atoms with van der Waals surface area (Å²) in [4.78, 5) is 23.7. The predicted octanol–water partition coefficient (Wildman–Crippen LogP) is 2.56. The molecule has 24 heavy (non-hydrogen) atoms. The Labute approximate surface area is 142 Å². The molecule has 1 amide bonds. The van der Waals surface area contributed by atoms with Crippen LogP contribution in [0.3, 0.4) is 0 Å². The van der Waals surface area contributed by atoms with Crippen LogP contribution in [0.2, 0.25) is 0 Å². The Kier molecular flexibility index (Phi) is 6.82. The van der Waals surface area contributed by atoms with Gasteiger partial charge in [0.15, 0.2) is 6.10 Å². The van der Waals surface area contributed by atoms with Gasteiger partial charge < -0.3 is 19.5 Å². The number of carbonyl (C=O) groups is 2. The Bertz CT molecular complexity index is 594. The maximum Gasteiger partial charge on any atom is 0.331 e. The van der Waals surface area contributed by atoms with E-state index in [0.717, 1.165) is 5.56 Å². The number of amides is 1. The number of rotatable bonds is 6. The average molecular weight is 335 g/mol. The van der Waals surface area contributed by atoms with Crippen molar-refractivity contribution in [1.29, 1.82) is 0 Å². The Balaban J connectivity index is 2.70. The molecule has 132 valence electrons. The van der Waals surface area contributed by atoms with Crippen molar-refractivity contribution in [2.75, 3.05) is 14.2 Å². The van der Waals surface area contributed by atoms with E-state index in [1.807, 2.05) is 20.8 Å². The van der Waals surface area contributed by atoms with E-state index in [4.69, 9.17) is 14.2 Å². The van der Waals surface area contributed by atoms with E-state index in [1.54, 1.807) is 38.5 Å². The van der Waals surface area contributed by atoms with Gasteiger partial charge in [0.1, 0.15) is 11.5 Å². The molecule has 1 aromatic rings. The fourth-order valence-electron chi connectivity index (χ4n) is 1.83. The molecule has 0 bridgehead atoms. The summed E-state index contributed by atoms with van der Waals surface area (Å²) in [7, 11) is 3.10. The van der Waals surface area contributed by atoms with Gasteiger partial charge >= 0.3 is 5.97 Å². The molecular weight excluding hydrogens is 310 g/mol. The predicted molar refractivity (Wildman–Crippen MR) is 92.0 cm³/mol. The van der Waals surface area contributed by atoms with Crippen LogP contribution < -0.4 is 14.8 Å². The summed E-state index contributed by atoms with van der Waals surface area (Å²) in [5, 5.41) is 2.75. The van der Waals surface area contributed by atoms with Gasteiger partial charge in [0.05, 0.1) is 14.2 Å². The van der Waals surface area contributed by atoms with Crippen molar-refractivity contribution in [1.82, 2.24) is 5.32 Å². The molecule has 0 aromatic heterocycles. The highest BCUT2D eigenvalue weighted by Crippen LogP contribution is 2.23. The lowest BCUT2D eigenvalue weighted by molar-refractivity contribution is -0.150. The second kappa shape index (κ2) is 8.38. The summed E-state index contributed by atoms with van der Waals surface area (Å²) in [5.41, 5.74) is 0.333. The topological polar surface area (TPSA) is 73.9 Å². The fraction of sp³-hybridized carbons (Fsp3) is 0.444. The SMILES string of the molecule is COc1cc(/C=C/C(=O)O[C@H](C)C(=O)NC(C)(C)C)cc(OC)c1. The number of carbonyl (C=O) groups excluding carboxylic acids is 2. The molecule has 0 fully saturated rings. The van der Waals surface area contributed by atoms with Gasteiger partial charge in [-0.25, -0.2) is 4.79 Å². The highest BCUT2D eigenvalue weighted by atomic mass is 16.5. The molecule has 0 unspecified atom stereocenters. The number of esters is 1. The Morgan fingerprint density at radius 2 is 1.62 bits per heavy atom. The van der Waals surface area contributed by atoms with Crippen molar-refractivity contribution >= 4 is 18.0 Å². The number of hydrogen-bond donors (Lipinski definition) is 1. The minimum Gasteiger partial charge on any atom is -0.497 e. The zero-order chi connectivity index (χ0) is 18.3. The molecule has 1 rings (SSSR count). The molecule has 1 aromatic carbocycles. The number of benzene rings is 1. The van der Waals surface area contributed by atoms with Crippen LogP contribution in [0.5, 0.6) is 11.5 Å². The minimum absolute atomic E-state index is 0.340. The highest BCUT2D eigenvalue weighted by molar-refractivity contribution is 5.90. The van der Waals surface area contributed by atoms with Crippen molar-refractivity contribution in [2.24, 2.45) is 0 Å². The smallest absolute Gasteiger partial charge is 0.331 e. The van der Waals surface area contributed by atoms with Gasteiger partial charge in [0.25, 0.3) is 5.91 Å². The molecule has 6 nitrogen and oxygen atoms in total. The summed E-state index contributed by atoms with van der Waals surface area (Å²) in [5.74, 6) is 0.279. The van der Waals surface area contributed by atoms with Crippen LogP contribution in [0.25, 0.3) is 6.08 Å². The van der Waals surface area contributed by atoms with Crippen molar-refractivity contribution in [3.8, 4) is 11.5 Å². The Hall–Kier alpha value is -2.50. The maximum absolute atomic E-state index is 11.9. The minimum atomic E-state index is -0.874. The lowest BCUT2D eigenvalue weighted by Gasteiger charge is -2.22. The number of hydrogen-bond acceptors (Lipinski definition) is 5. The molecule has 0 spiro atoms. The van der Waals surface area contributed by atoms with Gasteiger partial charge in [-0.3, -0.25) is 4.79 Å². The normalized spacial score (nSPS) is 12.6. The molecule has 0 aliphatic rings. The van der Waals surface area contributed by atoms with E-state index in [-0.39, 0.29) is 11.4 Å². The average Bonchev–Trinajstić information content (AvgIpc) is 2.50. The lowest BCUT2D eigenvalue weighted by atomic mass is 10.1. The second-order valence-electron chi connectivity index (χ2n) is 6.30. The molecule has 0 saturated heterocycles. The van der Waals surface area contributed by atoms with Gasteiger partial charge in [-0.2, -0.15) is 0 Å². The van der Waals surface area contributed by atoms with Crippen LogP contribution in [0.4, 0.5) is 0 Å². The van der Waals surface area contributed by atoms with Gasteiger partial charge in [-0.15, -0.1) is 0 Å². The first kappa shape index (κ1) is 19.5. The van der Waals surface area contributed by atoms with Crippen LogP contribution in [0, 0.1) is 0 Å². The third-order valence-corrected chi connectivity index (χ3v) is 2.95. The fourth-order valence-corrected chi connectivity index (χ4v) is 1.83. The summed E-state index contributed by atoms with van der Waals surface area (Å²) in [6.07, 6.45) is 1.96. The number of methoxy groups -OCH3 is 2. The van der Waals surface area contributed by atoms with Gasteiger partial charge in [-0.1, -0.05) is 0 Å². The van der Waals surface area contributed by atoms with E-state index in [9.17, 15) is 9.59 Å². The number of ether oxygens (including phenoxy) is 3. The van der Waals surface area contributed by atoms with Crippen LogP contribution in [-0.4, -0.2) is 37.7 Å².